The molecule has 6 N–H and O–H groups in total. The van der Waals surface area contributed by atoms with Crippen molar-refractivity contribution in [2.24, 2.45) is 5.92 Å². The summed E-state index contributed by atoms with van der Waals surface area (Å²) in [6.07, 6.45) is 2.14. The summed E-state index contributed by atoms with van der Waals surface area (Å²) in [5.74, 6) is -3.76. The second-order valence-electron chi connectivity index (χ2n) is 13.5. The number of aliphatic carboxylic acids is 1. The number of rotatable bonds is 16. The van der Waals surface area contributed by atoms with Gasteiger partial charge in [-0.25, -0.2) is 4.79 Å². The molecule has 0 spiro atoms. The molecule has 0 unspecified atom stereocenters. The Labute approximate surface area is 312 Å². The van der Waals surface area contributed by atoms with Crippen LogP contribution in [0.5, 0.6) is 5.75 Å². The molecule has 3 atom stereocenters. The molecule has 4 amide bonds. The van der Waals surface area contributed by atoms with Gasteiger partial charge in [0.25, 0.3) is 0 Å². The molecule has 278 valence electrons. The van der Waals surface area contributed by atoms with E-state index in [0.717, 1.165) is 21.7 Å². The minimum absolute atomic E-state index is 0.00998. The van der Waals surface area contributed by atoms with Gasteiger partial charge in [-0.05, 0) is 58.5 Å². The van der Waals surface area contributed by atoms with E-state index >= 15 is 0 Å². The molecule has 4 aromatic carbocycles. The van der Waals surface area contributed by atoms with Gasteiger partial charge in [-0.15, -0.1) is 0 Å². The van der Waals surface area contributed by atoms with Crippen molar-refractivity contribution in [3.8, 4) is 11.8 Å². The maximum atomic E-state index is 13.8. The first-order valence-corrected chi connectivity index (χ1v) is 17.5. The van der Waals surface area contributed by atoms with Gasteiger partial charge in [0, 0.05) is 29.8 Å². The van der Waals surface area contributed by atoms with Crippen molar-refractivity contribution >= 4 is 51.1 Å². The molecular formula is C41H42N6O7. The van der Waals surface area contributed by atoms with E-state index in [4.69, 9.17) is 0 Å². The van der Waals surface area contributed by atoms with Crippen LogP contribution in [0.25, 0.3) is 21.5 Å². The Hall–Kier alpha value is -6.68. The highest BCUT2D eigenvalue weighted by molar-refractivity contribution is 6.01. The van der Waals surface area contributed by atoms with Crippen LogP contribution in [0.1, 0.15) is 43.1 Å². The zero-order valence-electron chi connectivity index (χ0n) is 29.9. The van der Waals surface area contributed by atoms with Gasteiger partial charge < -0.3 is 36.0 Å². The number of aromatic nitrogens is 1. The Balaban J connectivity index is 1.26. The van der Waals surface area contributed by atoms with Crippen LogP contribution in [-0.4, -0.2) is 69.6 Å². The van der Waals surface area contributed by atoms with E-state index in [1.807, 2.05) is 50.2 Å². The Kier molecular flexibility index (Phi) is 12.6. The molecule has 1 aromatic heterocycles. The highest BCUT2D eigenvalue weighted by atomic mass is 16.4. The standard InChI is InChI=1S/C41H42N6O7/c1-25(2)16-34(41(53)54)46-39(51)33(17-26-8-4-3-5-9-26)45-38(50)23-43-37(49)22-44-40(52)35(18-27-12-14-31(48)15-13-27)47-24-30-19-28-10-6-7-11-29(28)20-32(30)36(47)21-42/h3-15,19-20,24-25,33-35,48H,16-18,22-23H2,1-2H3,(H,43,49)(H,44,52)(H,45,50)(H,46,51)(H,53,54)/t33-,34-,35-/m0/s1. The van der Waals surface area contributed by atoms with Crippen LogP contribution in [0, 0.1) is 17.2 Å². The molecule has 0 saturated carbocycles. The first-order chi connectivity index (χ1) is 25.9. The highest BCUT2D eigenvalue weighted by Crippen LogP contribution is 2.30. The Bertz CT molecular complexity index is 2190. The van der Waals surface area contributed by atoms with Gasteiger partial charge in [0.15, 0.2) is 0 Å². The molecule has 0 aliphatic carbocycles. The first-order valence-electron chi connectivity index (χ1n) is 17.5. The monoisotopic (exact) mass is 730 g/mol. The molecule has 13 heteroatoms. The number of carboxylic acids is 1. The van der Waals surface area contributed by atoms with Gasteiger partial charge >= 0.3 is 5.97 Å². The predicted octanol–water partition coefficient (Wildman–Crippen LogP) is 3.73. The van der Waals surface area contributed by atoms with E-state index in [-0.39, 0.29) is 36.6 Å². The third kappa shape index (κ3) is 10.0. The van der Waals surface area contributed by atoms with E-state index in [2.05, 4.69) is 27.3 Å². The number of carbonyl (C=O) groups excluding carboxylic acids is 4. The van der Waals surface area contributed by atoms with Crippen LogP contribution in [-0.2, 0) is 36.8 Å². The van der Waals surface area contributed by atoms with Gasteiger partial charge in [0.05, 0.1) is 13.1 Å². The lowest BCUT2D eigenvalue weighted by molar-refractivity contribution is -0.142. The molecule has 5 aromatic rings. The first kappa shape index (κ1) is 38.5. The van der Waals surface area contributed by atoms with E-state index in [1.165, 1.54) is 12.1 Å². The van der Waals surface area contributed by atoms with Crippen LogP contribution < -0.4 is 21.3 Å². The van der Waals surface area contributed by atoms with Crippen LogP contribution in [0.4, 0.5) is 0 Å². The van der Waals surface area contributed by atoms with E-state index in [9.17, 15) is 39.4 Å². The molecule has 0 fully saturated rings. The Morgan fingerprint density at radius 3 is 2.00 bits per heavy atom. The number of hydrogen-bond acceptors (Lipinski definition) is 7. The number of carboxylic acid groups (broad SMARTS) is 1. The molecule has 13 nitrogen and oxygen atoms in total. The largest absolute Gasteiger partial charge is 0.508 e. The second kappa shape index (κ2) is 17.7. The summed E-state index contributed by atoms with van der Waals surface area (Å²) in [7, 11) is 0. The number of fused-ring (bicyclic) bond motifs is 2. The lowest BCUT2D eigenvalue weighted by Crippen LogP contribution is -2.54. The summed E-state index contributed by atoms with van der Waals surface area (Å²) < 4.78 is 1.59. The third-order valence-corrected chi connectivity index (χ3v) is 8.94. The summed E-state index contributed by atoms with van der Waals surface area (Å²) in [6.45, 7) is 2.65. The number of nitrogens with one attached hydrogen (secondary N) is 4. The topological polar surface area (TPSA) is 203 Å². The van der Waals surface area contributed by atoms with Crippen LogP contribution in [0.15, 0.2) is 97.2 Å². The van der Waals surface area contributed by atoms with Crippen LogP contribution in [0.2, 0.25) is 0 Å². The average Bonchev–Trinajstić information content (AvgIpc) is 3.51. The number of aromatic hydroxyl groups is 1. The molecule has 0 aliphatic rings. The van der Waals surface area contributed by atoms with Crippen molar-refractivity contribution in [1.82, 2.24) is 25.8 Å². The number of amides is 4. The number of nitriles is 1. The SMILES string of the molecule is CC(C)C[C@H](NC(=O)[C@H](Cc1ccccc1)NC(=O)CNC(=O)CNC(=O)[C@H](Cc1ccc(O)cc1)n1cc2cc3ccccc3cc2c1C#N)C(=O)O. The van der Waals surface area contributed by atoms with E-state index in [1.54, 1.807) is 53.2 Å². The molecule has 54 heavy (non-hydrogen) atoms. The molecule has 5 rings (SSSR count). The van der Waals surface area contributed by atoms with E-state index < -0.39 is 60.8 Å². The Morgan fingerprint density at radius 2 is 1.35 bits per heavy atom. The summed E-state index contributed by atoms with van der Waals surface area (Å²) in [5, 5.41) is 43.2. The van der Waals surface area contributed by atoms with Gasteiger partial charge in [-0.2, -0.15) is 5.26 Å². The fourth-order valence-corrected chi connectivity index (χ4v) is 6.26. The summed E-state index contributed by atoms with van der Waals surface area (Å²) in [5.41, 5.74) is 1.70. The molecule has 0 saturated heterocycles. The van der Waals surface area contributed by atoms with Gasteiger partial charge in [0.2, 0.25) is 23.6 Å². The number of hydrogen-bond donors (Lipinski definition) is 6. The fourth-order valence-electron chi connectivity index (χ4n) is 6.26. The van der Waals surface area contributed by atoms with Crippen LogP contribution >= 0.6 is 0 Å². The predicted molar refractivity (Wildman–Crippen MR) is 202 cm³/mol. The van der Waals surface area contributed by atoms with Crippen molar-refractivity contribution in [3.63, 3.8) is 0 Å². The summed E-state index contributed by atoms with van der Waals surface area (Å²) in [6, 6.07) is 25.8. The Morgan fingerprint density at radius 1 is 0.722 bits per heavy atom. The normalized spacial score (nSPS) is 12.7. The third-order valence-electron chi connectivity index (χ3n) is 8.94. The molecular weight excluding hydrogens is 688 g/mol. The maximum Gasteiger partial charge on any atom is 0.326 e. The zero-order valence-corrected chi connectivity index (χ0v) is 29.9. The minimum Gasteiger partial charge on any atom is -0.508 e. The highest BCUT2D eigenvalue weighted by Gasteiger charge is 2.28. The lowest BCUT2D eigenvalue weighted by atomic mass is 10.0. The summed E-state index contributed by atoms with van der Waals surface area (Å²) >= 11 is 0. The van der Waals surface area contributed by atoms with Crippen molar-refractivity contribution in [2.45, 2.75) is 51.2 Å². The molecule has 0 bridgehead atoms. The molecule has 1 heterocycles. The molecule has 0 aliphatic heterocycles. The number of phenols is 1. The average molecular weight is 731 g/mol. The minimum atomic E-state index is -1.19. The number of phenolic OH excluding ortho intramolecular Hbond substituents is 1. The summed E-state index contributed by atoms with van der Waals surface area (Å²) in [4.78, 5) is 64.7. The number of carbonyl (C=O) groups is 5. The second-order valence-corrected chi connectivity index (χ2v) is 13.5. The smallest absolute Gasteiger partial charge is 0.326 e. The maximum absolute atomic E-state index is 13.8. The van der Waals surface area contributed by atoms with Crippen molar-refractivity contribution in [2.75, 3.05) is 13.1 Å². The van der Waals surface area contributed by atoms with Gasteiger partial charge in [-0.3, -0.25) is 19.2 Å². The van der Waals surface area contributed by atoms with E-state index in [0.29, 0.717) is 10.9 Å². The fraction of sp³-hybridized carbons (Fsp3) is 0.268. The van der Waals surface area contributed by atoms with Crippen molar-refractivity contribution in [3.05, 3.63) is 114 Å². The zero-order chi connectivity index (χ0) is 38.8. The van der Waals surface area contributed by atoms with Crippen molar-refractivity contribution < 1.29 is 34.2 Å². The lowest BCUT2D eigenvalue weighted by Gasteiger charge is -2.22. The quantitative estimate of drug-likeness (QED) is 0.0881. The van der Waals surface area contributed by atoms with Gasteiger partial charge in [-0.1, -0.05) is 80.6 Å². The van der Waals surface area contributed by atoms with Crippen LogP contribution in [0.3, 0.4) is 0 Å². The van der Waals surface area contributed by atoms with Gasteiger partial charge in [0.1, 0.15) is 35.6 Å². The van der Waals surface area contributed by atoms with Crippen molar-refractivity contribution in [1.29, 1.82) is 5.26 Å². The number of nitrogens with zero attached hydrogens (tertiary/aromatic N) is 2. The molecule has 0 radical (unpaired) electrons. The number of benzene rings is 4.